The number of rotatable bonds is 5. The molecule has 3 heterocycles. The van der Waals surface area contributed by atoms with Gasteiger partial charge in [-0.15, -0.1) is 0 Å². The molecule has 0 saturated carbocycles. The maximum atomic E-state index is 11.1. The van der Waals surface area contributed by atoms with Crippen LogP contribution in [0.3, 0.4) is 0 Å². The maximum Gasteiger partial charge on any atom is 0.337 e. The van der Waals surface area contributed by atoms with Crippen molar-refractivity contribution in [1.82, 2.24) is 24.5 Å². The quantitative estimate of drug-likeness (QED) is 0.566. The van der Waals surface area contributed by atoms with E-state index in [1.807, 2.05) is 23.0 Å². The molecule has 0 fully saturated rings. The summed E-state index contributed by atoms with van der Waals surface area (Å²) in [7, 11) is 0. The monoisotopic (exact) mass is 383 g/mol. The number of carboxylic acids is 1. The molecule has 0 bridgehead atoms. The van der Waals surface area contributed by atoms with Crippen LogP contribution in [-0.4, -0.2) is 35.6 Å². The standard InChI is InChI=1S/C19H18ClN5O2/c1-11(2)9-24-17-12(7-22-24)4-16(20)5-15(17)10-25-18-13(8-23-25)3-14(6-21-18)19(26)27/h3-8,11H,9-10H2,1-2H3,(H,26,27). The second kappa shape index (κ2) is 6.66. The molecular weight excluding hydrogens is 366 g/mol. The number of hydrogen-bond donors (Lipinski definition) is 1. The summed E-state index contributed by atoms with van der Waals surface area (Å²) in [5, 5.41) is 20.3. The number of hydrogen-bond acceptors (Lipinski definition) is 4. The van der Waals surface area contributed by atoms with Gasteiger partial charge in [0.25, 0.3) is 0 Å². The van der Waals surface area contributed by atoms with Crippen LogP contribution >= 0.6 is 11.6 Å². The van der Waals surface area contributed by atoms with E-state index in [0.29, 0.717) is 28.5 Å². The molecule has 0 unspecified atom stereocenters. The van der Waals surface area contributed by atoms with Crippen LogP contribution in [-0.2, 0) is 13.1 Å². The third kappa shape index (κ3) is 3.26. The van der Waals surface area contributed by atoms with Gasteiger partial charge in [-0.3, -0.25) is 4.68 Å². The molecule has 0 aliphatic carbocycles. The van der Waals surface area contributed by atoms with Crippen LogP contribution in [0.5, 0.6) is 0 Å². The third-order valence-electron chi connectivity index (χ3n) is 4.36. The van der Waals surface area contributed by atoms with Gasteiger partial charge < -0.3 is 5.11 Å². The number of halogens is 1. The number of pyridine rings is 1. The van der Waals surface area contributed by atoms with Gasteiger partial charge in [0.2, 0.25) is 0 Å². The van der Waals surface area contributed by atoms with Gasteiger partial charge in [-0.2, -0.15) is 10.2 Å². The van der Waals surface area contributed by atoms with Crippen molar-refractivity contribution in [3.05, 3.63) is 52.9 Å². The van der Waals surface area contributed by atoms with Crippen LogP contribution < -0.4 is 0 Å². The van der Waals surface area contributed by atoms with Crippen LogP contribution in [0.1, 0.15) is 29.8 Å². The number of benzene rings is 1. The number of aromatic carboxylic acids is 1. The van der Waals surface area contributed by atoms with Gasteiger partial charge in [0.05, 0.1) is 30.0 Å². The van der Waals surface area contributed by atoms with Crippen LogP contribution in [0.2, 0.25) is 5.02 Å². The molecule has 4 aromatic rings. The molecule has 0 atom stereocenters. The van der Waals surface area contributed by atoms with Gasteiger partial charge in [-0.05, 0) is 24.1 Å². The summed E-state index contributed by atoms with van der Waals surface area (Å²) in [5.41, 5.74) is 2.79. The number of aromatic nitrogens is 5. The topological polar surface area (TPSA) is 85.8 Å². The molecule has 138 valence electrons. The first-order valence-electron chi connectivity index (χ1n) is 8.61. The number of fused-ring (bicyclic) bond motifs is 2. The lowest BCUT2D eigenvalue weighted by Crippen LogP contribution is -2.09. The summed E-state index contributed by atoms with van der Waals surface area (Å²) in [6, 6.07) is 5.40. The zero-order valence-corrected chi connectivity index (χ0v) is 15.7. The van der Waals surface area contributed by atoms with Crippen molar-refractivity contribution >= 4 is 39.5 Å². The van der Waals surface area contributed by atoms with Crippen molar-refractivity contribution in [2.75, 3.05) is 0 Å². The fourth-order valence-electron chi connectivity index (χ4n) is 3.25. The minimum Gasteiger partial charge on any atom is -0.478 e. The van der Waals surface area contributed by atoms with E-state index in [2.05, 4.69) is 29.0 Å². The second-order valence-electron chi connectivity index (χ2n) is 6.97. The Balaban J connectivity index is 1.80. The summed E-state index contributed by atoms with van der Waals surface area (Å²) in [6.45, 7) is 5.56. The molecule has 0 saturated heterocycles. The number of nitrogens with zero attached hydrogens (tertiary/aromatic N) is 5. The van der Waals surface area contributed by atoms with Gasteiger partial charge in [-0.1, -0.05) is 25.4 Å². The zero-order valence-electron chi connectivity index (χ0n) is 14.9. The lowest BCUT2D eigenvalue weighted by molar-refractivity contribution is 0.0696. The summed E-state index contributed by atoms with van der Waals surface area (Å²) >= 11 is 6.31. The molecular formula is C19H18ClN5O2. The Bertz CT molecular complexity index is 1160. The molecule has 0 aliphatic rings. The van der Waals surface area contributed by atoms with E-state index < -0.39 is 5.97 Å². The highest BCUT2D eigenvalue weighted by molar-refractivity contribution is 6.31. The fraction of sp³-hybridized carbons (Fsp3) is 0.263. The van der Waals surface area contributed by atoms with E-state index in [0.717, 1.165) is 23.0 Å². The number of carbonyl (C=O) groups is 1. The summed E-state index contributed by atoms with van der Waals surface area (Å²) < 4.78 is 3.74. The summed E-state index contributed by atoms with van der Waals surface area (Å²) in [4.78, 5) is 15.4. The zero-order chi connectivity index (χ0) is 19.1. The van der Waals surface area contributed by atoms with E-state index in [1.165, 1.54) is 6.20 Å². The fourth-order valence-corrected chi connectivity index (χ4v) is 3.50. The smallest absolute Gasteiger partial charge is 0.337 e. The average molecular weight is 384 g/mol. The van der Waals surface area contributed by atoms with E-state index in [4.69, 9.17) is 16.7 Å². The van der Waals surface area contributed by atoms with Crippen molar-refractivity contribution in [2.45, 2.75) is 26.9 Å². The Morgan fingerprint density at radius 1 is 1.11 bits per heavy atom. The molecule has 1 N–H and O–H groups in total. The minimum absolute atomic E-state index is 0.141. The first-order valence-corrected chi connectivity index (χ1v) is 8.99. The van der Waals surface area contributed by atoms with E-state index in [9.17, 15) is 4.79 Å². The van der Waals surface area contributed by atoms with Crippen LogP contribution in [0.25, 0.3) is 21.9 Å². The largest absolute Gasteiger partial charge is 0.478 e. The first-order chi connectivity index (χ1) is 12.9. The minimum atomic E-state index is -1.01. The normalized spacial score (nSPS) is 11.7. The van der Waals surface area contributed by atoms with Gasteiger partial charge in [-0.25, -0.2) is 14.5 Å². The molecule has 27 heavy (non-hydrogen) atoms. The Morgan fingerprint density at radius 3 is 2.59 bits per heavy atom. The van der Waals surface area contributed by atoms with Crippen LogP contribution in [0.15, 0.2) is 36.8 Å². The van der Waals surface area contributed by atoms with Crippen molar-refractivity contribution in [3.8, 4) is 0 Å². The van der Waals surface area contributed by atoms with Crippen molar-refractivity contribution in [2.24, 2.45) is 5.92 Å². The van der Waals surface area contributed by atoms with Gasteiger partial charge in [0, 0.05) is 34.1 Å². The molecule has 0 radical (unpaired) electrons. The van der Waals surface area contributed by atoms with E-state index >= 15 is 0 Å². The Labute approximate surface area is 160 Å². The van der Waals surface area contributed by atoms with Crippen LogP contribution in [0, 0.1) is 5.92 Å². The van der Waals surface area contributed by atoms with Gasteiger partial charge in [0.15, 0.2) is 5.65 Å². The van der Waals surface area contributed by atoms with Crippen molar-refractivity contribution < 1.29 is 9.90 Å². The summed E-state index contributed by atoms with van der Waals surface area (Å²) in [6.07, 6.45) is 4.80. The van der Waals surface area contributed by atoms with Crippen LogP contribution in [0.4, 0.5) is 0 Å². The average Bonchev–Trinajstić information content (AvgIpc) is 3.18. The molecule has 0 aliphatic heterocycles. The van der Waals surface area contributed by atoms with Gasteiger partial charge >= 0.3 is 5.97 Å². The Morgan fingerprint density at radius 2 is 1.85 bits per heavy atom. The predicted octanol–water partition coefficient (Wildman–Crippen LogP) is 3.84. The molecule has 8 heteroatoms. The molecule has 3 aromatic heterocycles. The lowest BCUT2D eigenvalue weighted by atomic mass is 10.1. The molecule has 0 spiro atoms. The lowest BCUT2D eigenvalue weighted by Gasteiger charge is -2.11. The van der Waals surface area contributed by atoms with Crippen molar-refractivity contribution in [1.29, 1.82) is 0 Å². The third-order valence-corrected chi connectivity index (χ3v) is 4.58. The molecule has 0 amide bonds. The summed E-state index contributed by atoms with van der Waals surface area (Å²) in [5.74, 6) is -0.551. The van der Waals surface area contributed by atoms with Gasteiger partial charge in [0.1, 0.15) is 0 Å². The van der Waals surface area contributed by atoms with Crippen molar-refractivity contribution in [3.63, 3.8) is 0 Å². The number of carboxylic acid groups (broad SMARTS) is 1. The molecule has 1 aromatic carbocycles. The maximum absolute atomic E-state index is 11.1. The van der Waals surface area contributed by atoms with E-state index in [1.54, 1.807) is 16.9 Å². The first kappa shape index (κ1) is 17.5. The SMILES string of the molecule is CC(C)Cn1ncc2cc(Cl)cc(Cn3ncc4cc(C(=O)O)cnc43)c21. The highest BCUT2D eigenvalue weighted by atomic mass is 35.5. The Kier molecular flexibility index (Phi) is 4.31. The second-order valence-corrected chi connectivity index (χ2v) is 7.40. The highest BCUT2D eigenvalue weighted by Crippen LogP contribution is 2.26. The predicted molar refractivity (Wildman–Crippen MR) is 103 cm³/mol. The highest BCUT2D eigenvalue weighted by Gasteiger charge is 2.14. The molecule has 7 nitrogen and oxygen atoms in total. The Hall–Kier alpha value is -2.93. The van der Waals surface area contributed by atoms with E-state index in [-0.39, 0.29) is 5.56 Å². The molecule has 4 rings (SSSR count).